The molecule has 1 heterocycles. The Kier molecular flexibility index (Phi) is 7.23. The number of aryl methyl sites for hydroxylation is 3. The second kappa shape index (κ2) is 10.3. The molecule has 0 N–H and O–H groups in total. The van der Waals surface area contributed by atoms with Crippen molar-refractivity contribution in [2.75, 3.05) is 6.61 Å². The minimum Gasteiger partial charge on any atom is -0.494 e. The van der Waals surface area contributed by atoms with Gasteiger partial charge in [0.25, 0.3) is 0 Å². The van der Waals surface area contributed by atoms with Crippen LogP contribution < -0.4 is 9.47 Å². The van der Waals surface area contributed by atoms with Gasteiger partial charge in [-0.1, -0.05) is 41.4 Å². The summed E-state index contributed by atoms with van der Waals surface area (Å²) in [7, 11) is 0. The second-order valence-electron chi connectivity index (χ2n) is 7.83. The number of rotatable bonds is 9. The van der Waals surface area contributed by atoms with E-state index in [0.29, 0.717) is 29.0 Å². The fourth-order valence-electron chi connectivity index (χ4n) is 3.59. The highest BCUT2D eigenvalue weighted by Crippen LogP contribution is 2.28. The van der Waals surface area contributed by atoms with Crippen LogP contribution in [-0.4, -0.2) is 16.2 Å². The van der Waals surface area contributed by atoms with E-state index in [4.69, 9.17) is 37.7 Å². The number of ether oxygens (including phenoxy) is 2. The molecule has 0 fully saturated rings. The zero-order valence-corrected chi connectivity index (χ0v) is 19.8. The molecule has 0 radical (unpaired) electrons. The molecule has 0 atom stereocenters. The van der Waals surface area contributed by atoms with E-state index in [1.54, 1.807) is 18.2 Å². The average Bonchev–Trinajstić information content (AvgIpc) is 3.13. The molecule has 0 amide bonds. The topological polar surface area (TPSA) is 36.3 Å². The normalized spacial score (nSPS) is 11.1. The Bertz CT molecular complexity index is 1220. The Morgan fingerprint density at radius 2 is 1.72 bits per heavy atom. The van der Waals surface area contributed by atoms with Crippen molar-refractivity contribution in [3.05, 3.63) is 87.7 Å². The third-order valence-electron chi connectivity index (χ3n) is 5.51. The van der Waals surface area contributed by atoms with E-state index in [1.807, 2.05) is 24.3 Å². The van der Waals surface area contributed by atoms with Gasteiger partial charge in [-0.2, -0.15) is 0 Å². The predicted octanol–water partition coefficient (Wildman–Crippen LogP) is 7.40. The number of para-hydroxylation sites is 2. The molecule has 0 aliphatic rings. The van der Waals surface area contributed by atoms with Crippen molar-refractivity contribution >= 4 is 34.2 Å². The second-order valence-corrected chi connectivity index (χ2v) is 8.68. The Balaban J connectivity index is 1.39. The molecule has 0 unspecified atom stereocenters. The first-order chi connectivity index (χ1) is 15.5. The SMILES string of the molecule is Cc1ccc(OCCCCn2c(COc3ccc(Cl)cc3Cl)nc3ccccc32)cc1C. The van der Waals surface area contributed by atoms with Crippen LogP contribution in [0.2, 0.25) is 10.0 Å². The smallest absolute Gasteiger partial charge is 0.147 e. The number of aromatic nitrogens is 2. The van der Waals surface area contributed by atoms with Gasteiger partial charge in [-0.15, -0.1) is 0 Å². The first-order valence-corrected chi connectivity index (χ1v) is 11.5. The molecule has 0 aliphatic carbocycles. The molecular formula is C26H26Cl2N2O2. The monoisotopic (exact) mass is 468 g/mol. The molecule has 3 aromatic carbocycles. The van der Waals surface area contributed by atoms with Crippen LogP contribution in [0.5, 0.6) is 11.5 Å². The lowest BCUT2D eigenvalue weighted by atomic mass is 10.1. The number of unbranched alkanes of at least 4 members (excludes halogenated alkanes) is 1. The van der Waals surface area contributed by atoms with Gasteiger partial charge in [-0.25, -0.2) is 4.98 Å². The molecule has 0 spiro atoms. The summed E-state index contributed by atoms with van der Waals surface area (Å²) in [5.41, 5.74) is 4.58. The van der Waals surface area contributed by atoms with Gasteiger partial charge in [-0.05, 0) is 80.3 Å². The maximum Gasteiger partial charge on any atom is 0.147 e. The van der Waals surface area contributed by atoms with Gasteiger partial charge >= 0.3 is 0 Å². The molecule has 4 rings (SSSR count). The number of hydrogen-bond acceptors (Lipinski definition) is 3. The molecule has 32 heavy (non-hydrogen) atoms. The van der Waals surface area contributed by atoms with Crippen molar-refractivity contribution in [3.63, 3.8) is 0 Å². The number of imidazole rings is 1. The van der Waals surface area contributed by atoms with Crippen LogP contribution in [0.4, 0.5) is 0 Å². The number of fused-ring (bicyclic) bond motifs is 1. The van der Waals surface area contributed by atoms with E-state index in [2.05, 4.69) is 36.6 Å². The van der Waals surface area contributed by atoms with Crippen LogP contribution in [0.25, 0.3) is 11.0 Å². The van der Waals surface area contributed by atoms with E-state index in [1.165, 1.54) is 11.1 Å². The van der Waals surface area contributed by atoms with Gasteiger partial charge in [0.15, 0.2) is 0 Å². The molecule has 0 aliphatic heterocycles. The summed E-state index contributed by atoms with van der Waals surface area (Å²) in [6.45, 7) is 6.06. The standard InChI is InChI=1S/C26H26Cl2N2O2/c1-18-9-11-21(15-19(18)2)31-14-6-5-13-30-24-8-4-3-7-23(24)29-26(30)17-32-25-12-10-20(27)16-22(25)28/h3-4,7-12,15-16H,5-6,13-14,17H2,1-2H3. The molecule has 6 heteroatoms. The number of nitrogens with zero attached hydrogens (tertiary/aromatic N) is 2. The highest BCUT2D eigenvalue weighted by Gasteiger charge is 2.12. The van der Waals surface area contributed by atoms with E-state index >= 15 is 0 Å². The Labute approximate surface area is 198 Å². The number of halogens is 2. The Morgan fingerprint density at radius 3 is 2.53 bits per heavy atom. The molecule has 1 aromatic heterocycles. The van der Waals surface area contributed by atoms with Crippen LogP contribution in [0.15, 0.2) is 60.7 Å². The summed E-state index contributed by atoms with van der Waals surface area (Å²) in [5.74, 6) is 2.39. The van der Waals surface area contributed by atoms with Crippen molar-refractivity contribution in [2.24, 2.45) is 0 Å². The van der Waals surface area contributed by atoms with Crippen LogP contribution >= 0.6 is 23.2 Å². The maximum absolute atomic E-state index is 6.25. The van der Waals surface area contributed by atoms with Crippen molar-refractivity contribution < 1.29 is 9.47 Å². The van der Waals surface area contributed by atoms with Gasteiger partial charge in [0.1, 0.15) is 23.9 Å². The fourth-order valence-corrected chi connectivity index (χ4v) is 4.05. The third-order valence-corrected chi connectivity index (χ3v) is 6.04. The molecule has 0 saturated carbocycles. The first kappa shape index (κ1) is 22.5. The van der Waals surface area contributed by atoms with Crippen LogP contribution in [0.1, 0.15) is 29.8 Å². The highest BCUT2D eigenvalue weighted by molar-refractivity contribution is 6.35. The third kappa shape index (κ3) is 5.37. The summed E-state index contributed by atoms with van der Waals surface area (Å²) >= 11 is 12.2. The largest absolute Gasteiger partial charge is 0.494 e. The highest BCUT2D eigenvalue weighted by atomic mass is 35.5. The first-order valence-electron chi connectivity index (χ1n) is 10.7. The summed E-state index contributed by atoms with van der Waals surface area (Å²) in [6.07, 6.45) is 1.92. The lowest BCUT2D eigenvalue weighted by Crippen LogP contribution is -2.09. The summed E-state index contributed by atoms with van der Waals surface area (Å²) in [6, 6.07) is 19.6. The minimum atomic E-state index is 0.329. The van der Waals surface area contributed by atoms with Crippen molar-refractivity contribution in [2.45, 2.75) is 39.8 Å². The van der Waals surface area contributed by atoms with Gasteiger partial charge < -0.3 is 14.0 Å². The molecule has 166 valence electrons. The van der Waals surface area contributed by atoms with E-state index in [-0.39, 0.29) is 0 Å². The van der Waals surface area contributed by atoms with Gasteiger partial charge in [0, 0.05) is 11.6 Å². The molecule has 4 nitrogen and oxygen atoms in total. The van der Waals surface area contributed by atoms with Crippen LogP contribution in [0.3, 0.4) is 0 Å². The van der Waals surface area contributed by atoms with Crippen LogP contribution in [0, 0.1) is 13.8 Å². The summed E-state index contributed by atoms with van der Waals surface area (Å²) < 4.78 is 14.1. The van der Waals surface area contributed by atoms with Gasteiger partial charge in [0.2, 0.25) is 0 Å². The van der Waals surface area contributed by atoms with Crippen molar-refractivity contribution in [1.82, 2.24) is 9.55 Å². The molecule has 0 saturated heterocycles. The average molecular weight is 469 g/mol. The van der Waals surface area contributed by atoms with Gasteiger partial charge in [-0.3, -0.25) is 0 Å². The molecule has 4 aromatic rings. The summed E-state index contributed by atoms with van der Waals surface area (Å²) in [5, 5.41) is 1.07. The van der Waals surface area contributed by atoms with Gasteiger partial charge in [0.05, 0.1) is 22.7 Å². The molecule has 0 bridgehead atoms. The fraction of sp³-hybridized carbons (Fsp3) is 0.269. The van der Waals surface area contributed by atoms with Crippen LogP contribution in [-0.2, 0) is 13.2 Å². The lowest BCUT2D eigenvalue weighted by Gasteiger charge is -2.12. The quantitative estimate of drug-likeness (QED) is 0.240. The minimum absolute atomic E-state index is 0.329. The summed E-state index contributed by atoms with van der Waals surface area (Å²) in [4.78, 5) is 4.78. The zero-order valence-electron chi connectivity index (χ0n) is 18.3. The van der Waals surface area contributed by atoms with Crippen molar-refractivity contribution in [3.8, 4) is 11.5 Å². The van der Waals surface area contributed by atoms with E-state index in [9.17, 15) is 0 Å². The maximum atomic E-state index is 6.25. The van der Waals surface area contributed by atoms with E-state index in [0.717, 1.165) is 42.0 Å². The zero-order chi connectivity index (χ0) is 22.5. The number of hydrogen-bond donors (Lipinski definition) is 0. The van der Waals surface area contributed by atoms with Crippen molar-refractivity contribution in [1.29, 1.82) is 0 Å². The van der Waals surface area contributed by atoms with E-state index < -0.39 is 0 Å². The Hall–Kier alpha value is -2.69. The Morgan fingerprint density at radius 1 is 0.875 bits per heavy atom. The predicted molar refractivity (Wildman–Crippen MR) is 131 cm³/mol. The molecular weight excluding hydrogens is 443 g/mol. The lowest BCUT2D eigenvalue weighted by molar-refractivity contribution is 0.285. The number of benzene rings is 3.